The third kappa shape index (κ3) is 6.14. The van der Waals surface area contributed by atoms with E-state index >= 15 is 0 Å². The number of nitrogens with one attached hydrogen (secondary N) is 1. The third-order valence-corrected chi connectivity index (χ3v) is 3.16. The molecule has 0 saturated heterocycles. The fourth-order valence-electron chi connectivity index (χ4n) is 1.90. The van der Waals surface area contributed by atoms with Gasteiger partial charge in [-0.15, -0.1) is 0 Å². The van der Waals surface area contributed by atoms with Crippen molar-refractivity contribution in [2.75, 3.05) is 37.0 Å². The second-order valence-electron chi connectivity index (χ2n) is 5.07. The lowest BCUT2D eigenvalue weighted by Crippen LogP contribution is -2.28. The first-order valence-corrected chi connectivity index (χ1v) is 8.03. The Morgan fingerprint density at radius 1 is 0.952 bits per heavy atom. The lowest BCUT2D eigenvalue weighted by Gasteiger charge is -2.22. The highest BCUT2D eigenvalue weighted by Crippen LogP contribution is 2.16. The smallest absolute Gasteiger partial charge is 0.322 e. The van der Waals surface area contributed by atoms with Crippen LogP contribution in [-0.4, -0.2) is 41.7 Å². The fraction of sp³-hybridized carbons (Fsp3) is 0.800. The molecule has 0 aliphatic carbocycles. The molecule has 6 nitrogen and oxygen atoms in total. The molecule has 0 radical (unpaired) electrons. The molecule has 1 N–H and O–H groups in total. The van der Waals surface area contributed by atoms with Crippen molar-refractivity contribution in [1.29, 1.82) is 0 Å². The number of rotatable bonds is 11. The average Bonchev–Trinajstić information content (AvgIpc) is 2.52. The second kappa shape index (κ2) is 10.2. The van der Waals surface area contributed by atoms with E-state index in [9.17, 15) is 0 Å². The van der Waals surface area contributed by atoms with E-state index in [2.05, 4.69) is 45.9 Å². The molecule has 21 heavy (non-hydrogen) atoms. The molecule has 6 heteroatoms. The molecule has 0 aliphatic rings. The summed E-state index contributed by atoms with van der Waals surface area (Å²) in [6.07, 6.45) is 5.61. The van der Waals surface area contributed by atoms with Gasteiger partial charge >= 0.3 is 6.01 Å². The van der Waals surface area contributed by atoms with Gasteiger partial charge in [-0.1, -0.05) is 33.6 Å². The molecule has 0 amide bonds. The Morgan fingerprint density at radius 3 is 2.14 bits per heavy atom. The number of unbranched alkanes of at least 4 members (excludes halogenated alkanes) is 2. The Hall–Kier alpha value is -1.59. The highest BCUT2D eigenvalue weighted by Gasteiger charge is 2.13. The van der Waals surface area contributed by atoms with E-state index in [-0.39, 0.29) is 0 Å². The van der Waals surface area contributed by atoms with Crippen molar-refractivity contribution in [1.82, 2.24) is 15.0 Å². The molecule has 0 bridgehead atoms. The van der Waals surface area contributed by atoms with Gasteiger partial charge < -0.3 is 15.0 Å². The van der Waals surface area contributed by atoms with Gasteiger partial charge in [-0.3, -0.25) is 0 Å². The SMILES string of the molecule is CCCCN(CCCC)c1nc(NCCC)nc(OC)n1. The van der Waals surface area contributed by atoms with E-state index in [4.69, 9.17) is 4.74 Å². The molecule has 0 unspecified atom stereocenters. The maximum Gasteiger partial charge on any atom is 0.322 e. The monoisotopic (exact) mass is 295 g/mol. The standard InChI is InChI=1S/C15H29N5O/c1-5-8-11-20(12-9-6-2)14-17-13(16-10-7-3)18-15(19-14)21-4/h5-12H2,1-4H3,(H,16,17,18,19). The van der Waals surface area contributed by atoms with Gasteiger partial charge in [-0.05, 0) is 19.3 Å². The van der Waals surface area contributed by atoms with Gasteiger partial charge in [0.05, 0.1) is 7.11 Å². The minimum Gasteiger partial charge on any atom is -0.467 e. The molecule has 0 aliphatic heterocycles. The Bertz CT molecular complexity index is 392. The van der Waals surface area contributed by atoms with Gasteiger partial charge in [0.2, 0.25) is 11.9 Å². The zero-order valence-corrected chi connectivity index (χ0v) is 13.9. The molecule has 1 aromatic rings. The van der Waals surface area contributed by atoms with Crippen molar-refractivity contribution in [2.24, 2.45) is 0 Å². The first kappa shape index (κ1) is 17.5. The largest absolute Gasteiger partial charge is 0.467 e. The summed E-state index contributed by atoms with van der Waals surface area (Å²) in [7, 11) is 1.59. The van der Waals surface area contributed by atoms with E-state index in [0.717, 1.165) is 51.7 Å². The van der Waals surface area contributed by atoms with Gasteiger partial charge in [0.1, 0.15) is 0 Å². The number of hydrogen-bond donors (Lipinski definition) is 1. The summed E-state index contributed by atoms with van der Waals surface area (Å²) in [6.45, 7) is 9.28. The van der Waals surface area contributed by atoms with E-state index < -0.39 is 0 Å². The highest BCUT2D eigenvalue weighted by molar-refractivity contribution is 5.38. The zero-order chi connectivity index (χ0) is 15.5. The molecule has 0 spiro atoms. The third-order valence-electron chi connectivity index (χ3n) is 3.16. The summed E-state index contributed by atoms with van der Waals surface area (Å²) in [4.78, 5) is 15.4. The topological polar surface area (TPSA) is 63.2 Å². The Kier molecular flexibility index (Phi) is 8.47. The summed E-state index contributed by atoms with van der Waals surface area (Å²) in [5.74, 6) is 1.30. The van der Waals surface area contributed by atoms with Crippen LogP contribution >= 0.6 is 0 Å². The highest BCUT2D eigenvalue weighted by atomic mass is 16.5. The van der Waals surface area contributed by atoms with Crippen LogP contribution in [0.3, 0.4) is 0 Å². The first-order chi connectivity index (χ1) is 10.2. The molecule has 120 valence electrons. The van der Waals surface area contributed by atoms with Crippen LogP contribution < -0.4 is 15.0 Å². The Labute approximate surface area is 128 Å². The lowest BCUT2D eigenvalue weighted by molar-refractivity contribution is 0.378. The van der Waals surface area contributed by atoms with E-state index in [0.29, 0.717) is 17.9 Å². The number of nitrogens with zero attached hydrogens (tertiary/aromatic N) is 4. The molecular weight excluding hydrogens is 266 g/mol. The zero-order valence-electron chi connectivity index (χ0n) is 13.9. The molecule has 0 fully saturated rings. The minimum absolute atomic E-state index is 0.372. The number of anilines is 2. The summed E-state index contributed by atoms with van der Waals surface area (Å²) in [5.41, 5.74) is 0. The molecule has 0 aromatic carbocycles. The van der Waals surface area contributed by atoms with Crippen LogP contribution in [0.2, 0.25) is 0 Å². The lowest BCUT2D eigenvalue weighted by atomic mass is 10.3. The molecule has 1 aromatic heterocycles. The molecule has 0 saturated carbocycles. The van der Waals surface area contributed by atoms with Crippen molar-refractivity contribution < 1.29 is 4.74 Å². The van der Waals surface area contributed by atoms with Crippen molar-refractivity contribution in [3.8, 4) is 6.01 Å². The van der Waals surface area contributed by atoms with Gasteiger partial charge in [-0.25, -0.2) is 0 Å². The maximum atomic E-state index is 5.21. The normalized spacial score (nSPS) is 10.5. The van der Waals surface area contributed by atoms with Crippen molar-refractivity contribution in [3.05, 3.63) is 0 Å². The van der Waals surface area contributed by atoms with Crippen LogP contribution in [0.25, 0.3) is 0 Å². The van der Waals surface area contributed by atoms with Gasteiger partial charge in [0.25, 0.3) is 0 Å². The molecular formula is C15H29N5O. The number of ether oxygens (including phenoxy) is 1. The van der Waals surface area contributed by atoms with Crippen LogP contribution in [0.1, 0.15) is 52.9 Å². The number of aromatic nitrogens is 3. The average molecular weight is 295 g/mol. The second-order valence-corrected chi connectivity index (χ2v) is 5.07. The van der Waals surface area contributed by atoms with Crippen LogP contribution in [-0.2, 0) is 0 Å². The van der Waals surface area contributed by atoms with Crippen LogP contribution in [0.4, 0.5) is 11.9 Å². The summed E-state index contributed by atoms with van der Waals surface area (Å²) in [6, 6.07) is 0.372. The Balaban J connectivity index is 2.91. The van der Waals surface area contributed by atoms with Crippen molar-refractivity contribution in [3.63, 3.8) is 0 Å². The number of hydrogen-bond acceptors (Lipinski definition) is 6. The van der Waals surface area contributed by atoms with Crippen LogP contribution in [0.5, 0.6) is 6.01 Å². The van der Waals surface area contributed by atoms with Gasteiger partial charge in [0.15, 0.2) is 0 Å². The van der Waals surface area contributed by atoms with Crippen LogP contribution in [0.15, 0.2) is 0 Å². The quantitative estimate of drug-likeness (QED) is 0.677. The molecule has 1 heterocycles. The van der Waals surface area contributed by atoms with E-state index in [1.54, 1.807) is 7.11 Å². The van der Waals surface area contributed by atoms with Gasteiger partial charge in [-0.2, -0.15) is 15.0 Å². The predicted molar refractivity (Wildman–Crippen MR) is 87.2 cm³/mol. The Morgan fingerprint density at radius 2 is 1.62 bits per heavy atom. The minimum atomic E-state index is 0.372. The van der Waals surface area contributed by atoms with Gasteiger partial charge in [0, 0.05) is 19.6 Å². The van der Waals surface area contributed by atoms with Crippen molar-refractivity contribution in [2.45, 2.75) is 52.9 Å². The summed E-state index contributed by atoms with van der Waals surface area (Å²) in [5, 5.41) is 3.21. The predicted octanol–water partition coefficient (Wildman–Crippen LogP) is 3.11. The molecule has 1 rings (SSSR count). The summed E-state index contributed by atoms with van der Waals surface area (Å²) < 4.78 is 5.21. The first-order valence-electron chi connectivity index (χ1n) is 8.03. The maximum absolute atomic E-state index is 5.21. The van der Waals surface area contributed by atoms with E-state index in [1.807, 2.05) is 0 Å². The van der Waals surface area contributed by atoms with Crippen molar-refractivity contribution >= 4 is 11.9 Å². The van der Waals surface area contributed by atoms with E-state index in [1.165, 1.54) is 0 Å². The fourth-order valence-corrected chi connectivity index (χ4v) is 1.90. The summed E-state index contributed by atoms with van der Waals surface area (Å²) >= 11 is 0. The number of methoxy groups -OCH3 is 1. The van der Waals surface area contributed by atoms with Crippen LogP contribution in [0, 0.1) is 0 Å². The molecule has 0 atom stereocenters.